The van der Waals surface area contributed by atoms with Crippen LogP contribution in [0.1, 0.15) is 16.1 Å². The fourth-order valence-corrected chi connectivity index (χ4v) is 3.51. The number of rotatable bonds is 4. The molecule has 29 heavy (non-hydrogen) atoms. The fourth-order valence-electron chi connectivity index (χ4n) is 3.51. The predicted molar refractivity (Wildman–Crippen MR) is 113 cm³/mol. The van der Waals surface area contributed by atoms with E-state index in [1.807, 2.05) is 4.90 Å². The third-order valence-corrected chi connectivity index (χ3v) is 5.03. The zero-order chi connectivity index (χ0) is 20.2. The lowest BCUT2D eigenvalue weighted by molar-refractivity contribution is 0.0741. The molecule has 0 radical (unpaired) electrons. The van der Waals surface area contributed by atoms with Gasteiger partial charge < -0.3 is 15.1 Å². The van der Waals surface area contributed by atoms with Crippen molar-refractivity contribution in [2.45, 2.75) is 6.92 Å². The summed E-state index contributed by atoms with van der Waals surface area (Å²) in [6.45, 7) is 4.96. The summed E-state index contributed by atoms with van der Waals surface area (Å²) < 4.78 is 13.4. The van der Waals surface area contributed by atoms with Crippen molar-refractivity contribution in [2.75, 3.05) is 36.4 Å². The minimum atomic E-state index is -0.313. The monoisotopic (exact) mass is 390 g/mol. The van der Waals surface area contributed by atoms with E-state index >= 15 is 0 Å². The maximum Gasteiger partial charge on any atom is 0.272 e. The van der Waals surface area contributed by atoms with Crippen molar-refractivity contribution in [2.24, 2.45) is 0 Å². The molecule has 1 aliphatic heterocycles. The van der Waals surface area contributed by atoms with Gasteiger partial charge in [0.2, 0.25) is 0 Å². The van der Waals surface area contributed by atoms with Crippen LogP contribution in [0.4, 0.5) is 21.5 Å². The SMILES string of the molecule is Cc1cccc(N2CCN(C(=O)c3cc(Nc4cccc(F)c4)ccn3)CC2)c1. The number of aryl methyl sites for hydroxylation is 1. The van der Waals surface area contributed by atoms with E-state index in [4.69, 9.17) is 0 Å². The van der Waals surface area contributed by atoms with Crippen LogP contribution in [0.5, 0.6) is 0 Å². The van der Waals surface area contributed by atoms with Crippen LogP contribution in [-0.4, -0.2) is 42.0 Å². The van der Waals surface area contributed by atoms with E-state index in [-0.39, 0.29) is 11.7 Å². The molecule has 1 saturated heterocycles. The summed E-state index contributed by atoms with van der Waals surface area (Å²) >= 11 is 0. The van der Waals surface area contributed by atoms with E-state index in [1.54, 1.807) is 30.5 Å². The van der Waals surface area contributed by atoms with E-state index in [9.17, 15) is 9.18 Å². The number of aromatic nitrogens is 1. The Kier molecular flexibility index (Phi) is 5.42. The maximum absolute atomic E-state index is 13.4. The molecule has 1 amide bonds. The molecule has 1 fully saturated rings. The highest BCUT2D eigenvalue weighted by Crippen LogP contribution is 2.20. The van der Waals surface area contributed by atoms with Gasteiger partial charge in [0.05, 0.1) is 0 Å². The second-order valence-corrected chi connectivity index (χ2v) is 7.18. The lowest BCUT2D eigenvalue weighted by atomic mass is 10.2. The molecule has 0 spiro atoms. The average Bonchev–Trinajstić information content (AvgIpc) is 2.74. The first-order valence-corrected chi connectivity index (χ1v) is 9.68. The average molecular weight is 390 g/mol. The molecule has 0 aliphatic carbocycles. The number of hydrogen-bond acceptors (Lipinski definition) is 4. The van der Waals surface area contributed by atoms with Gasteiger partial charge in [0.15, 0.2) is 0 Å². The van der Waals surface area contributed by atoms with Gasteiger partial charge >= 0.3 is 0 Å². The molecule has 0 saturated carbocycles. The van der Waals surface area contributed by atoms with Gasteiger partial charge in [-0.2, -0.15) is 0 Å². The van der Waals surface area contributed by atoms with Gasteiger partial charge in [-0.3, -0.25) is 9.78 Å². The Morgan fingerprint density at radius 1 is 0.966 bits per heavy atom. The smallest absolute Gasteiger partial charge is 0.272 e. The summed E-state index contributed by atoms with van der Waals surface area (Å²) in [6.07, 6.45) is 1.60. The molecule has 6 heteroatoms. The normalized spacial score (nSPS) is 14.0. The summed E-state index contributed by atoms with van der Waals surface area (Å²) in [5.74, 6) is -0.399. The number of pyridine rings is 1. The molecule has 2 aromatic carbocycles. The minimum absolute atomic E-state index is 0.0863. The van der Waals surface area contributed by atoms with Crippen molar-refractivity contribution >= 4 is 23.0 Å². The lowest BCUT2D eigenvalue weighted by Crippen LogP contribution is -2.49. The van der Waals surface area contributed by atoms with Crippen molar-refractivity contribution in [1.29, 1.82) is 0 Å². The number of nitrogens with zero attached hydrogens (tertiary/aromatic N) is 3. The number of benzene rings is 2. The molecule has 0 atom stereocenters. The Labute approximate surface area is 169 Å². The van der Waals surface area contributed by atoms with Crippen LogP contribution in [0.2, 0.25) is 0 Å². The third kappa shape index (κ3) is 4.54. The molecule has 1 N–H and O–H groups in total. The lowest BCUT2D eigenvalue weighted by Gasteiger charge is -2.36. The third-order valence-electron chi connectivity index (χ3n) is 5.03. The Morgan fingerprint density at radius 2 is 1.72 bits per heavy atom. The summed E-state index contributed by atoms with van der Waals surface area (Å²) in [5.41, 5.74) is 4.13. The number of anilines is 3. The van der Waals surface area contributed by atoms with Gasteiger partial charge in [-0.15, -0.1) is 0 Å². The zero-order valence-corrected chi connectivity index (χ0v) is 16.3. The minimum Gasteiger partial charge on any atom is -0.368 e. The predicted octanol–water partition coefficient (Wildman–Crippen LogP) is 4.24. The maximum atomic E-state index is 13.4. The van der Waals surface area contributed by atoms with Crippen molar-refractivity contribution in [3.05, 3.63) is 83.9 Å². The second kappa shape index (κ2) is 8.31. The molecule has 5 nitrogen and oxygen atoms in total. The highest BCUT2D eigenvalue weighted by Gasteiger charge is 2.23. The van der Waals surface area contributed by atoms with E-state index in [0.29, 0.717) is 30.2 Å². The molecule has 148 valence electrons. The number of piperazine rings is 1. The number of carbonyl (C=O) groups excluding carboxylic acids is 1. The quantitative estimate of drug-likeness (QED) is 0.724. The molecular weight excluding hydrogens is 367 g/mol. The van der Waals surface area contributed by atoms with Crippen LogP contribution in [0.3, 0.4) is 0 Å². The Bertz CT molecular complexity index is 1020. The first-order chi connectivity index (χ1) is 14.1. The molecule has 1 aliphatic rings. The van der Waals surface area contributed by atoms with E-state index in [1.165, 1.54) is 23.4 Å². The zero-order valence-electron chi connectivity index (χ0n) is 16.3. The highest BCUT2D eigenvalue weighted by molar-refractivity contribution is 5.93. The van der Waals surface area contributed by atoms with Gasteiger partial charge in [-0.25, -0.2) is 4.39 Å². The summed E-state index contributed by atoms with van der Waals surface area (Å²) in [4.78, 5) is 21.3. The number of hydrogen-bond donors (Lipinski definition) is 1. The van der Waals surface area contributed by atoms with Gasteiger partial charge in [0.25, 0.3) is 5.91 Å². The van der Waals surface area contributed by atoms with Crippen LogP contribution in [0, 0.1) is 12.7 Å². The van der Waals surface area contributed by atoms with E-state index in [0.717, 1.165) is 13.1 Å². The van der Waals surface area contributed by atoms with Gasteiger partial charge in [-0.1, -0.05) is 18.2 Å². The van der Waals surface area contributed by atoms with Crippen LogP contribution < -0.4 is 10.2 Å². The molecule has 0 unspecified atom stereocenters. The summed E-state index contributed by atoms with van der Waals surface area (Å²) in [6, 6.07) is 18.1. The van der Waals surface area contributed by atoms with Crippen LogP contribution in [-0.2, 0) is 0 Å². The van der Waals surface area contributed by atoms with Crippen molar-refractivity contribution in [1.82, 2.24) is 9.88 Å². The number of carbonyl (C=O) groups is 1. The Balaban J connectivity index is 1.41. The van der Waals surface area contributed by atoms with Crippen LogP contribution in [0.15, 0.2) is 66.9 Å². The van der Waals surface area contributed by atoms with Crippen LogP contribution >= 0.6 is 0 Å². The van der Waals surface area contributed by atoms with E-state index < -0.39 is 0 Å². The highest BCUT2D eigenvalue weighted by atomic mass is 19.1. The van der Waals surface area contributed by atoms with Crippen molar-refractivity contribution < 1.29 is 9.18 Å². The van der Waals surface area contributed by atoms with E-state index in [2.05, 4.69) is 46.4 Å². The Hall–Kier alpha value is -3.41. The summed E-state index contributed by atoms with van der Waals surface area (Å²) in [7, 11) is 0. The van der Waals surface area contributed by atoms with Gasteiger partial charge in [0, 0.05) is 49.4 Å². The molecule has 4 rings (SSSR count). The van der Waals surface area contributed by atoms with Crippen molar-refractivity contribution in [3.8, 4) is 0 Å². The first-order valence-electron chi connectivity index (χ1n) is 9.68. The fraction of sp³-hybridized carbons (Fsp3) is 0.217. The number of halogens is 1. The standard InChI is InChI=1S/C23H23FN4O/c1-17-4-2-7-21(14-17)27-10-12-28(13-11-27)23(29)22-16-20(8-9-25-22)26-19-6-3-5-18(24)15-19/h2-9,14-16H,10-13H2,1H3,(H,25,26). The number of nitrogens with one attached hydrogen (secondary N) is 1. The topological polar surface area (TPSA) is 48.5 Å². The molecular formula is C23H23FN4O. The van der Waals surface area contributed by atoms with Gasteiger partial charge in [0.1, 0.15) is 11.5 Å². The number of amides is 1. The summed E-state index contributed by atoms with van der Waals surface area (Å²) in [5, 5.41) is 3.12. The first kappa shape index (κ1) is 18.9. The Morgan fingerprint density at radius 3 is 2.48 bits per heavy atom. The molecule has 2 heterocycles. The van der Waals surface area contributed by atoms with Crippen LogP contribution in [0.25, 0.3) is 0 Å². The molecule has 3 aromatic rings. The molecule has 0 bridgehead atoms. The largest absolute Gasteiger partial charge is 0.368 e. The molecule has 1 aromatic heterocycles. The van der Waals surface area contributed by atoms with Crippen molar-refractivity contribution in [3.63, 3.8) is 0 Å². The second-order valence-electron chi connectivity index (χ2n) is 7.18. The van der Waals surface area contributed by atoms with Gasteiger partial charge in [-0.05, 0) is 55.0 Å².